The molecule has 3 rings (SSSR count). The van der Waals surface area contributed by atoms with Gasteiger partial charge in [-0.05, 0) is 37.1 Å². The first kappa shape index (κ1) is 21.0. The number of nitrogens with zero attached hydrogens (tertiary/aromatic N) is 2. The largest absolute Gasteiger partial charge is 0.364 e. The third-order valence-electron chi connectivity index (χ3n) is 4.65. The Morgan fingerprint density at radius 2 is 1.77 bits per heavy atom. The summed E-state index contributed by atoms with van der Waals surface area (Å²) in [6.45, 7) is 1.43. The molecule has 2 aliphatic heterocycles. The van der Waals surface area contributed by atoms with Crippen molar-refractivity contribution in [1.29, 1.82) is 0 Å². The molecule has 1 amide bonds. The van der Waals surface area contributed by atoms with Crippen LogP contribution in [0.4, 0.5) is 4.39 Å². The first-order chi connectivity index (χ1) is 11.9. The molecule has 0 aromatic heterocycles. The van der Waals surface area contributed by atoms with Crippen LogP contribution in [0.5, 0.6) is 0 Å². The molecule has 0 bridgehead atoms. The lowest BCUT2D eigenvalue weighted by molar-refractivity contribution is -0.143. The number of halogens is 2. The van der Waals surface area contributed by atoms with E-state index in [4.69, 9.17) is 10.5 Å². The lowest BCUT2D eigenvalue weighted by Crippen LogP contribution is -2.52. The number of carbonyl (C=O) groups excluding carboxylic acids is 1. The zero-order valence-electron chi connectivity index (χ0n) is 14.2. The quantitative estimate of drug-likeness (QED) is 0.788. The molecule has 0 spiro atoms. The van der Waals surface area contributed by atoms with Crippen LogP contribution in [0, 0.1) is 5.82 Å². The smallest absolute Gasteiger partial charge is 0.251 e. The Bertz CT molecular complexity index is 724. The van der Waals surface area contributed by atoms with Crippen molar-refractivity contribution in [2.45, 2.75) is 29.9 Å². The van der Waals surface area contributed by atoms with Gasteiger partial charge in [-0.2, -0.15) is 4.31 Å². The molecule has 0 radical (unpaired) electrons. The minimum atomic E-state index is -3.68. The number of benzene rings is 1. The third-order valence-corrected chi connectivity index (χ3v) is 6.56. The van der Waals surface area contributed by atoms with Gasteiger partial charge in [-0.15, -0.1) is 12.4 Å². The Hall–Kier alpha value is -1.26. The minimum absolute atomic E-state index is 0. The van der Waals surface area contributed by atoms with Gasteiger partial charge in [0, 0.05) is 32.7 Å². The number of hydrogen-bond acceptors (Lipinski definition) is 5. The van der Waals surface area contributed by atoms with Crippen molar-refractivity contribution in [2.24, 2.45) is 5.73 Å². The summed E-state index contributed by atoms with van der Waals surface area (Å²) in [5.74, 6) is -0.587. The van der Waals surface area contributed by atoms with Crippen LogP contribution in [0.25, 0.3) is 0 Å². The van der Waals surface area contributed by atoms with Gasteiger partial charge in [-0.1, -0.05) is 0 Å². The fourth-order valence-corrected chi connectivity index (χ4v) is 4.59. The molecular formula is C16H23ClFN3O4S. The number of ether oxygens (including phenoxy) is 1. The first-order valence-corrected chi connectivity index (χ1v) is 9.76. The molecule has 2 saturated heterocycles. The summed E-state index contributed by atoms with van der Waals surface area (Å²) in [6.07, 6.45) is 0.864. The van der Waals surface area contributed by atoms with Crippen LogP contribution in [-0.2, 0) is 19.6 Å². The Labute approximate surface area is 158 Å². The predicted octanol–water partition coefficient (Wildman–Crippen LogP) is 0.587. The van der Waals surface area contributed by atoms with Crippen molar-refractivity contribution in [3.05, 3.63) is 30.1 Å². The average Bonchev–Trinajstić information content (AvgIpc) is 3.11. The van der Waals surface area contributed by atoms with E-state index in [0.717, 1.165) is 18.6 Å². The van der Waals surface area contributed by atoms with E-state index in [1.807, 2.05) is 0 Å². The van der Waals surface area contributed by atoms with Crippen molar-refractivity contribution in [3.63, 3.8) is 0 Å². The van der Waals surface area contributed by atoms with Gasteiger partial charge in [0.25, 0.3) is 5.91 Å². The van der Waals surface area contributed by atoms with Crippen LogP contribution >= 0.6 is 12.4 Å². The molecule has 26 heavy (non-hydrogen) atoms. The van der Waals surface area contributed by atoms with Gasteiger partial charge in [0.05, 0.1) is 11.0 Å². The lowest BCUT2D eigenvalue weighted by Gasteiger charge is -2.35. The normalized spacial score (nSPS) is 24.3. The highest BCUT2D eigenvalue weighted by atomic mass is 35.5. The van der Waals surface area contributed by atoms with E-state index in [-0.39, 0.29) is 42.4 Å². The van der Waals surface area contributed by atoms with Crippen LogP contribution in [-0.4, -0.2) is 68.5 Å². The van der Waals surface area contributed by atoms with E-state index in [9.17, 15) is 17.6 Å². The van der Waals surface area contributed by atoms with Gasteiger partial charge >= 0.3 is 0 Å². The Kier molecular flexibility index (Phi) is 6.98. The van der Waals surface area contributed by atoms with Crippen LogP contribution in [0.2, 0.25) is 0 Å². The second-order valence-electron chi connectivity index (χ2n) is 6.24. The maximum Gasteiger partial charge on any atom is 0.251 e. The van der Waals surface area contributed by atoms with Crippen LogP contribution in [0.15, 0.2) is 29.2 Å². The van der Waals surface area contributed by atoms with E-state index in [1.54, 1.807) is 4.90 Å². The molecule has 0 unspecified atom stereocenters. The fraction of sp³-hybridized carbons (Fsp3) is 0.562. The van der Waals surface area contributed by atoms with Gasteiger partial charge < -0.3 is 15.4 Å². The number of piperazine rings is 1. The van der Waals surface area contributed by atoms with Crippen LogP contribution in [0.1, 0.15) is 12.8 Å². The molecular weight excluding hydrogens is 385 g/mol. The van der Waals surface area contributed by atoms with Gasteiger partial charge in [0.2, 0.25) is 10.0 Å². The van der Waals surface area contributed by atoms with Gasteiger partial charge in [-0.3, -0.25) is 4.79 Å². The Balaban J connectivity index is 0.00000243. The zero-order chi connectivity index (χ0) is 18.0. The van der Waals surface area contributed by atoms with Gasteiger partial charge in [-0.25, -0.2) is 12.8 Å². The summed E-state index contributed by atoms with van der Waals surface area (Å²) < 4.78 is 45.1. The molecule has 2 fully saturated rings. The highest BCUT2D eigenvalue weighted by Gasteiger charge is 2.36. The van der Waals surface area contributed by atoms with Crippen LogP contribution < -0.4 is 5.73 Å². The van der Waals surface area contributed by atoms with Crippen molar-refractivity contribution >= 4 is 28.3 Å². The third kappa shape index (κ3) is 4.34. The first-order valence-electron chi connectivity index (χ1n) is 8.32. The molecule has 2 aliphatic rings. The molecule has 1 aromatic rings. The van der Waals surface area contributed by atoms with Crippen molar-refractivity contribution < 1.29 is 22.3 Å². The molecule has 0 saturated carbocycles. The van der Waals surface area contributed by atoms with E-state index in [2.05, 4.69) is 0 Å². The summed E-state index contributed by atoms with van der Waals surface area (Å²) in [6, 6.07) is 4.75. The number of nitrogens with two attached hydrogens (primary N) is 1. The van der Waals surface area contributed by atoms with Gasteiger partial charge in [0.1, 0.15) is 11.9 Å². The molecule has 0 aliphatic carbocycles. The number of carbonyl (C=O) groups is 1. The monoisotopic (exact) mass is 407 g/mol. The standard InChI is InChI=1S/C16H22FN3O4S.ClH/c17-12-1-4-14(5-2-12)25(22,23)20-9-7-19(8-10-20)16(21)15-6-3-13(11-18)24-15;/h1-2,4-5,13,15H,3,6-11,18H2;1H/t13-,15+;/m1./s1. The maximum absolute atomic E-state index is 13.0. The Morgan fingerprint density at radius 1 is 1.15 bits per heavy atom. The zero-order valence-corrected chi connectivity index (χ0v) is 15.8. The number of amides is 1. The van der Waals surface area contributed by atoms with E-state index in [0.29, 0.717) is 26.1 Å². The molecule has 146 valence electrons. The molecule has 10 heteroatoms. The summed E-state index contributed by atoms with van der Waals surface area (Å²) in [7, 11) is -3.68. The summed E-state index contributed by atoms with van der Waals surface area (Å²) >= 11 is 0. The number of hydrogen-bond donors (Lipinski definition) is 1. The second-order valence-corrected chi connectivity index (χ2v) is 8.18. The predicted molar refractivity (Wildman–Crippen MR) is 95.9 cm³/mol. The van der Waals surface area contributed by atoms with E-state index < -0.39 is 21.9 Å². The van der Waals surface area contributed by atoms with Crippen molar-refractivity contribution in [1.82, 2.24) is 9.21 Å². The summed E-state index contributed by atoms with van der Waals surface area (Å²) in [4.78, 5) is 14.2. The number of sulfonamides is 1. The minimum Gasteiger partial charge on any atom is -0.364 e. The van der Waals surface area contributed by atoms with E-state index in [1.165, 1.54) is 16.4 Å². The maximum atomic E-state index is 13.0. The summed E-state index contributed by atoms with van der Waals surface area (Å²) in [5, 5.41) is 0. The molecule has 2 N–H and O–H groups in total. The molecule has 7 nitrogen and oxygen atoms in total. The van der Waals surface area contributed by atoms with Crippen molar-refractivity contribution in [3.8, 4) is 0 Å². The highest BCUT2D eigenvalue weighted by molar-refractivity contribution is 7.89. The van der Waals surface area contributed by atoms with Crippen molar-refractivity contribution in [2.75, 3.05) is 32.7 Å². The fourth-order valence-electron chi connectivity index (χ4n) is 3.17. The molecule has 2 atom stereocenters. The molecule has 1 aromatic carbocycles. The average molecular weight is 408 g/mol. The highest BCUT2D eigenvalue weighted by Crippen LogP contribution is 2.23. The topological polar surface area (TPSA) is 92.9 Å². The molecule has 2 heterocycles. The van der Waals surface area contributed by atoms with Crippen LogP contribution in [0.3, 0.4) is 0 Å². The second kappa shape index (κ2) is 8.62. The number of rotatable bonds is 4. The Morgan fingerprint density at radius 3 is 2.31 bits per heavy atom. The van der Waals surface area contributed by atoms with E-state index >= 15 is 0 Å². The lowest BCUT2D eigenvalue weighted by atomic mass is 10.1. The summed E-state index contributed by atoms with van der Waals surface area (Å²) in [5.41, 5.74) is 5.56. The van der Waals surface area contributed by atoms with Gasteiger partial charge in [0.15, 0.2) is 0 Å². The SMILES string of the molecule is Cl.NC[C@H]1CC[C@@H](C(=O)N2CCN(S(=O)(=O)c3ccc(F)cc3)CC2)O1.